The Balaban J connectivity index is 1.84. The molecule has 2 unspecified atom stereocenters. The second-order valence-electron chi connectivity index (χ2n) is 7.30. The van der Waals surface area contributed by atoms with Gasteiger partial charge in [-0.2, -0.15) is 0 Å². The number of thioether (sulfide) groups is 1. The SMILES string of the molecule is Cc1cc(Cl)cc2c1OC1(C)c3c(n(C)c4ccccc4c3=O)SCC21. The molecule has 2 aromatic carbocycles. The molecule has 5 rings (SSSR count). The molecular formula is C21H18ClNO2S. The van der Waals surface area contributed by atoms with E-state index in [0.29, 0.717) is 0 Å². The van der Waals surface area contributed by atoms with Crippen molar-refractivity contribution in [2.45, 2.75) is 30.4 Å². The minimum Gasteiger partial charge on any atom is -0.481 e. The Bertz CT molecular complexity index is 1150. The Kier molecular flexibility index (Phi) is 3.32. The zero-order valence-electron chi connectivity index (χ0n) is 14.8. The van der Waals surface area contributed by atoms with Crippen molar-refractivity contribution in [3.8, 4) is 5.75 Å². The van der Waals surface area contributed by atoms with Crippen LogP contribution in [0.25, 0.3) is 10.9 Å². The number of halogens is 1. The summed E-state index contributed by atoms with van der Waals surface area (Å²) >= 11 is 8.05. The Hall–Kier alpha value is -1.91. The molecule has 0 amide bonds. The molecule has 0 saturated heterocycles. The summed E-state index contributed by atoms with van der Waals surface area (Å²) in [6.07, 6.45) is 0. The largest absolute Gasteiger partial charge is 0.481 e. The van der Waals surface area contributed by atoms with E-state index in [1.54, 1.807) is 11.8 Å². The molecule has 0 N–H and O–H groups in total. The van der Waals surface area contributed by atoms with Crippen molar-refractivity contribution >= 4 is 34.3 Å². The number of nitrogens with zero attached hydrogens (tertiary/aromatic N) is 1. The average Bonchev–Trinajstić information content (AvgIpc) is 2.92. The Labute approximate surface area is 160 Å². The third-order valence-electron chi connectivity index (χ3n) is 5.76. The number of fused-ring (bicyclic) bond motifs is 6. The molecule has 1 aromatic heterocycles. The normalized spacial score (nSPS) is 23.3. The highest BCUT2D eigenvalue weighted by Crippen LogP contribution is 2.57. The standard InChI is InChI=1S/C21H18ClNO2S/c1-11-8-12(22)9-14-15-10-26-20-17(21(15,2)25-19(11)14)18(24)13-6-4-5-7-16(13)23(20)3/h4-9,15H,10H2,1-3H3. The number of hydrogen-bond donors (Lipinski definition) is 0. The summed E-state index contributed by atoms with van der Waals surface area (Å²) in [5.41, 5.74) is 3.27. The molecule has 0 radical (unpaired) electrons. The maximum atomic E-state index is 13.4. The molecule has 26 heavy (non-hydrogen) atoms. The third kappa shape index (κ3) is 1.94. The van der Waals surface area contributed by atoms with Crippen LogP contribution in [0, 0.1) is 6.92 Å². The lowest BCUT2D eigenvalue weighted by molar-refractivity contribution is 0.0856. The van der Waals surface area contributed by atoms with Gasteiger partial charge >= 0.3 is 0 Å². The second kappa shape index (κ2) is 5.30. The summed E-state index contributed by atoms with van der Waals surface area (Å²) in [6.45, 7) is 4.07. The van der Waals surface area contributed by atoms with E-state index < -0.39 is 5.60 Å². The van der Waals surface area contributed by atoms with Gasteiger partial charge in [0.25, 0.3) is 0 Å². The number of aryl methyl sites for hydroxylation is 2. The lowest BCUT2D eigenvalue weighted by Crippen LogP contribution is -2.41. The molecule has 0 saturated carbocycles. The lowest BCUT2D eigenvalue weighted by atomic mass is 9.81. The molecule has 0 fully saturated rings. The predicted molar refractivity (Wildman–Crippen MR) is 107 cm³/mol. The van der Waals surface area contributed by atoms with Crippen LogP contribution in [0.2, 0.25) is 5.02 Å². The molecule has 3 aromatic rings. The predicted octanol–water partition coefficient (Wildman–Crippen LogP) is 5.00. The lowest BCUT2D eigenvalue weighted by Gasteiger charge is -2.37. The smallest absolute Gasteiger partial charge is 0.197 e. The average molecular weight is 384 g/mol. The number of benzene rings is 2. The highest BCUT2D eigenvalue weighted by atomic mass is 35.5. The van der Waals surface area contributed by atoms with E-state index in [9.17, 15) is 4.79 Å². The van der Waals surface area contributed by atoms with Crippen LogP contribution in [-0.2, 0) is 12.6 Å². The molecule has 5 heteroatoms. The van der Waals surface area contributed by atoms with Crippen molar-refractivity contribution in [3.63, 3.8) is 0 Å². The summed E-state index contributed by atoms with van der Waals surface area (Å²) < 4.78 is 8.64. The van der Waals surface area contributed by atoms with E-state index in [0.717, 1.165) is 49.1 Å². The number of pyridine rings is 1. The first-order valence-corrected chi connectivity index (χ1v) is 10.0. The zero-order valence-corrected chi connectivity index (χ0v) is 16.4. The zero-order chi connectivity index (χ0) is 18.2. The van der Waals surface area contributed by atoms with E-state index in [1.165, 1.54) is 0 Å². The number of rotatable bonds is 0. The van der Waals surface area contributed by atoms with Gasteiger partial charge in [0.2, 0.25) is 0 Å². The van der Waals surface area contributed by atoms with Crippen LogP contribution in [-0.4, -0.2) is 10.3 Å². The van der Waals surface area contributed by atoms with Gasteiger partial charge in [0, 0.05) is 34.7 Å². The van der Waals surface area contributed by atoms with Crippen LogP contribution in [0.5, 0.6) is 5.75 Å². The van der Waals surface area contributed by atoms with Gasteiger partial charge < -0.3 is 9.30 Å². The molecule has 2 aliphatic heterocycles. The second-order valence-corrected chi connectivity index (χ2v) is 8.74. The van der Waals surface area contributed by atoms with Crippen LogP contribution < -0.4 is 10.2 Å². The van der Waals surface area contributed by atoms with Crippen molar-refractivity contribution < 1.29 is 4.74 Å². The first-order valence-electron chi connectivity index (χ1n) is 8.66. The first kappa shape index (κ1) is 16.3. The quantitative estimate of drug-likeness (QED) is 0.547. The number of ether oxygens (including phenoxy) is 1. The summed E-state index contributed by atoms with van der Waals surface area (Å²) in [7, 11) is 2.03. The molecule has 0 spiro atoms. The van der Waals surface area contributed by atoms with Crippen molar-refractivity contribution in [2.75, 3.05) is 5.75 Å². The fourth-order valence-corrected chi connectivity index (χ4v) is 6.28. The minimum absolute atomic E-state index is 0.0740. The Morgan fingerprint density at radius 3 is 2.88 bits per heavy atom. The molecule has 132 valence electrons. The highest BCUT2D eigenvalue weighted by Gasteiger charge is 2.52. The molecule has 3 nitrogen and oxygen atoms in total. The van der Waals surface area contributed by atoms with Gasteiger partial charge in [-0.15, -0.1) is 11.8 Å². The molecule has 0 bridgehead atoms. The summed E-state index contributed by atoms with van der Waals surface area (Å²) in [5.74, 6) is 1.86. The van der Waals surface area contributed by atoms with Gasteiger partial charge in [-0.3, -0.25) is 4.79 Å². The van der Waals surface area contributed by atoms with Crippen molar-refractivity contribution in [3.05, 3.63) is 68.3 Å². The van der Waals surface area contributed by atoms with E-state index in [1.807, 2.05) is 50.4 Å². The van der Waals surface area contributed by atoms with Crippen LogP contribution in [0.1, 0.15) is 29.5 Å². The topological polar surface area (TPSA) is 31.2 Å². The van der Waals surface area contributed by atoms with Crippen molar-refractivity contribution in [2.24, 2.45) is 7.05 Å². The minimum atomic E-state index is -0.669. The summed E-state index contributed by atoms with van der Waals surface area (Å²) in [5, 5.41) is 2.46. The van der Waals surface area contributed by atoms with E-state index in [-0.39, 0.29) is 11.3 Å². The fraction of sp³-hybridized carbons (Fsp3) is 0.286. The molecular weight excluding hydrogens is 366 g/mol. The van der Waals surface area contributed by atoms with Crippen LogP contribution in [0.4, 0.5) is 0 Å². The number of hydrogen-bond acceptors (Lipinski definition) is 3. The van der Waals surface area contributed by atoms with E-state index in [4.69, 9.17) is 16.3 Å². The van der Waals surface area contributed by atoms with Gasteiger partial charge in [-0.1, -0.05) is 23.7 Å². The van der Waals surface area contributed by atoms with Gasteiger partial charge in [0.1, 0.15) is 11.4 Å². The van der Waals surface area contributed by atoms with Crippen molar-refractivity contribution in [1.82, 2.24) is 4.57 Å². The van der Waals surface area contributed by atoms with Crippen LogP contribution in [0.15, 0.2) is 46.2 Å². The Morgan fingerprint density at radius 2 is 2.08 bits per heavy atom. The molecule has 3 heterocycles. The maximum absolute atomic E-state index is 13.4. The van der Waals surface area contributed by atoms with Crippen molar-refractivity contribution in [1.29, 1.82) is 0 Å². The fourth-order valence-electron chi connectivity index (χ4n) is 4.44. The van der Waals surface area contributed by atoms with Crippen LogP contribution >= 0.6 is 23.4 Å². The molecule has 2 atom stereocenters. The third-order valence-corrected chi connectivity index (χ3v) is 7.23. The maximum Gasteiger partial charge on any atom is 0.197 e. The highest BCUT2D eigenvalue weighted by molar-refractivity contribution is 7.99. The van der Waals surface area contributed by atoms with Gasteiger partial charge in [0.15, 0.2) is 5.43 Å². The summed E-state index contributed by atoms with van der Waals surface area (Å²) in [6, 6.07) is 11.7. The number of aromatic nitrogens is 1. The molecule has 2 aliphatic rings. The monoisotopic (exact) mass is 383 g/mol. The van der Waals surface area contributed by atoms with Gasteiger partial charge in [-0.25, -0.2) is 0 Å². The molecule has 0 aliphatic carbocycles. The van der Waals surface area contributed by atoms with E-state index >= 15 is 0 Å². The first-order chi connectivity index (χ1) is 12.4. The van der Waals surface area contributed by atoms with Gasteiger partial charge in [0.05, 0.1) is 16.1 Å². The summed E-state index contributed by atoms with van der Waals surface area (Å²) in [4.78, 5) is 13.4. The Morgan fingerprint density at radius 1 is 1.31 bits per heavy atom. The van der Waals surface area contributed by atoms with Crippen LogP contribution in [0.3, 0.4) is 0 Å². The number of para-hydroxylation sites is 1. The van der Waals surface area contributed by atoms with E-state index in [2.05, 4.69) is 11.5 Å². The van der Waals surface area contributed by atoms with Gasteiger partial charge in [-0.05, 0) is 43.7 Å².